The lowest BCUT2D eigenvalue weighted by Gasteiger charge is -2.32. The van der Waals surface area contributed by atoms with Crippen LogP contribution in [0.25, 0.3) is 0 Å². The largest absolute Gasteiger partial charge is 0.390 e. The minimum atomic E-state index is -0.222. The second kappa shape index (κ2) is 6.38. The topological polar surface area (TPSA) is 35.5 Å². The highest BCUT2D eigenvalue weighted by Crippen LogP contribution is 2.26. The van der Waals surface area contributed by atoms with Crippen molar-refractivity contribution in [3.8, 4) is 0 Å². The molecular formula is C11H24N2O. The van der Waals surface area contributed by atoms with E-state index in [2.05, 4.69) is 17.1 Å². The highest BCUT2D eigenvalue weighted by molar-refractivity contribution is 4.75. The molecule has 0 aliphatic heterocycles. The maximum absolute atomic E-state index is 9.65. The van der Waals surface area contributed by atoms with Gasteiger partial charge in [-0.2, -0.15) is 0 Å². The molecule has 0 radical (unpaired) electrons. The molecule has 3 nitrogen and oxygen atoms in total. The van der Waals surface area contributed by atoms with Crippen molar-refractivity contribution in [1.82, 2.24) is 10.2 Å². The summed E-state index contributed by atoms with van der Waals surface area (Å²) in [6.45, 7) is 5.91. The van der Waals surface area contributed by atoms with Crippen molar-refractivity contribution in [3.63, 3.8) is 0 Å². The van der Waals surface area contributed by atoms with E-state index in [-0.39, 0.29) is 6.10 Å². The monoisotopic (exact) mass is 200 g/mol. The van der Waals surface area contributed by atoms with Crippen molar-refractivity contribution in [2.45, 2.75) is 32.3 Å². The highest BCUT2D eigenvalue weighted by Gasteiger charge is 2.20. The molecule has 1 aliphatic rings. The molecule has 1 rings (SSSR count). The molecule has 2 N–H and O–H groups in total. The molecular weight excluding hydrogens is 176 g/mol. The van der Waals surface area contributed by atoms with E-state index in [1.54, 1.807) is 0 Å². The van der Waals surface area contributed by atoms with Crippen LogP contribution in [-0.4, -0.2) is 49.3 Å². The molecule has 0 amide bonds. The van der Waals surface area contributed by atoms with Gasteiger partial charge < -0.3 is 15.3 Å². The Balaban J connectivity index is 2.15. The van der Waals surface area contributed by atoms with E-state index >= 15 is 0 Å². The maximum Gasteiger partial charge on any atom is 0.0791 e. The van der Waals surface area contributed by atoms with E-state index in [0.29, 0.717) is 6.54 Å². The van der Waals surface area contributed by atoms with Crippen molar-refractivity contribution in [2.75, 3.05) is 33.2 Å². The zero-order valence-corrected chi connectivity index (χ0v) is 9.50. The molecule has 0 spiro atoms. The van der Waals surface area contributed by atoms with E-state index in [4.69, 9.17) is 0 Å². The fourth-order valence-electron chi connectivity index (χ4n) is 1.97. The van der Waals surface area contributed by atoms with Gasteiger partial charge in [0.1, 0.15) is 0 Å². The van der Waals surface area contributed by atoms with Gasteiger partial charge in [0.05, 0.1) is 6.10 Å². The normalized spacial score (nSPS) is 19.7. The Bertz CT molecular complexity index is 148. The maximum atomic E-state index is 9.65. The number of nitrogens with zero attached hydrogens (tertiary/aromatic N) is 1. The zero-order valence-electron chi connectivity index (χ0n) is 9.50. The first-order valence-electron chi connectivity index (χ1n) is 5.81. The summed E-state index contributed by atoms with van der Waals surface area (Å²) in [5.74, 6) is 0.900. The molecule has 3 heteroatoms. The lowest BCUT2D eigenvalue weighted by atomic mass is 9.85. The highest BCUT2D eigenvalue weighted by atomic mass is 16.3. The van der Waals surface area contributed by atoms with Crippen LogP contribution in [-0.2, 0) is 0 Å². The molecule has 1 unspecified atom stereocenters. The van der Waals surface area contributed by atoms with Gasteiger partial charge in [-0.15, -0.1) is 0 Å². The Hall–Kier alpha value is -0.120. The fourth-order valence-corrected chi connectivity index (χ4v) is 1.97. The standard InChI is InChI=1S/C11H24N2O/c1-3-13(8-10-5-4-6-10)9-11(14)7-12-2/h10-12,14H,3-9H2,1-2H3. The van der Waals surface area contributed by atoms with Gasteiger partial charge in [0.2, 0.25) is 0 Å². The van der Waals surface area contributed by atoms with E-state index in [1.165, 1.54) is 25.8 Å². The Labute approximate surface area is 87.5 Å². The third-order valence-corrected chi connectivity index (χ3v) is 3.10. The molecule has 14 heavy (non-hydrogen) atoms. The molecule has 0 aromatic rings. The van der Waals surface area contributed by atoms with Crippen LogP contribution in [0.3, 0.4) is 0 Å². The Kier molecular flexibility index (Phi) is 5.45. The SMILES string of the molecule is CCN(CC(O)CNC)CC1CCC1. The molecule has 1 fully saturated rings. The summed E-state index contributed by atoms with van der Waals surface area (Å²) >= 11 is 0. The summed E-state index contributed by atoms with van der Waals surface area (Å²) < 4.78 is 0. The van der Waals surface area contributed by atoms with Crippen LogP contribution < -0.4 is 5.32 Å². The van der Waals surface area contributed by atoms with Crippen LogP contribution in [0, 0.1) is 5.92 Å². The van der Waals surface area contributed by atoms with Gasteiger partial charge in [-0.1, -0.05) is 13.3 Å². The average Bonchev–Trinajstić information content (AvgIpc) is 2.09. The quantitative estimate of drug-likeness (QED) is 0.634. The molecule has 1 aliphatic carbocycles. The number of hydrogen-bond donors (Lipinski definition) is 2. The fraction of sp³-hybridized carbons (Fsp3) is 1.00. The van der Waals surface area contributed by atoms with Crippen LogP contribution in [0.15, 0.2) is 0 Å². The van der Waals surface area contributed by atoms with Crippen molar-refractivity contribution in [2.24, 2.45) is 5.92 Å². The molecule has 1 saturated carbocycles. The number of rotatable bonds is 7. The number of nitrogens with one attached hydrogen (secondary N) is 1. The second-order valence-electron chi connectivity index (χ2n) is 4.36. The van der Waals surface area contributed by atoms with Crippen molar-refractivity contribution in [1.29, 1.82) is 0 Å². The summed E-state index contributed by atoms with van der Waals surface area (Å²) in [6, 6.07) is 0. The van der Waals surface area contributed by atoms with Gasteiger partial charge >= 0.3 is 0 Å². The van der Waals surface area contributed by atoms with Crippen molar-refractivity contribution < 1.29 is 5.11 Å². The second-order valence-corrected chi connectivity index (χ2v) is 4.36. The zero-order chi connectivity index (χ0) is 10.4. The van der Waals surface area contributed by atoms with Gasteiger partial charge in [-0.3, -0.25) is 0 Å². The number of hydrogen-bond acceptors (Lipinski definition) is 3. The minimum Gasteiger partial charge on any atom is -0.390 e. The number of aliphatic hydroxyl groups is 1. The van der Waals surface area contributed by atoms with Crippen LogP contribution in [0.2, 0.25) is 0 Å². The summed E-state index contributed by atoms with van der Waals surface area (Å²) in [5, 5.41) is 12.7. The van der Waals surface area contributed by atoms with Crippen molar-refractivity contribution in [3.05, 3.63) is 0 Å². The third kappa shape index (κ3) is 3.95. The molecule has 1 atom stereocenters. The summed E-state index contributed by atoms with van der Waals surface area (Å²) in [5.41, 5.74) is 0. The van der Waals surface area contributed by atoms with Gasteiger partial charge in [0.25, 0.3) is 0 Å². The van der Waals surface area contributed by atoms with E-state index in [9.17, 15) is 5.11 Å². The van der Waals surface area contributed by atoms with Gasteiger partial charge in [0.15, 0.2) is 0 Å². The van der Waals surface area contributed by atoms with Crippen LogP contribution in [0.5, 0.6) is 0 Å². The van der Waals surface area contributed by atoms with E-state index < -0.39 is 0 Å². The van der Waals surface area contributed by atoms with Crippen LogP contribution in [0.4, 0.5) is 0 Å². The van der Waals surface area contributed by atoms with E-state index in [0.717, 1.165) is 19.0 Å². The Morgan fingerprint density at radius 3 is 2.64 bits per heavy atom. The third-order valence-electron chi connectivity index (χ3n) is 3.10. The first-order valence-corrected chi connectivity index (χ1v) is 5.81. The number of likely N-dealkylation sites (N-methyl/N-ethyl adjacent to an activating group) is 2. The van der Waals surface area contributed by atoms with Gasteiger partial charge in [-0.25, -0.2) is 0 Å². The van der Waals surface area contributed by atoms with E-state index in [1.807, 2.05) is 7.05 Å². The van der Waals surface area contributed by atoms with Crippen LogP contribution in [0.1, 0.15) is 26.2 Å². The minimum absolute atomic E-state index is 0.222. The predicted molar refractivity (Wildman–Crippen MR) is 59.4 cm³/mol. The van der Waals surface area contributed by atoms with Crippen LogP contribution >= 0.6 is 0 Å². The van der Waals surface area contributed by atoms with Crippen molar-refractivity contribution >= 4 is 0 Å². The predicted octanol–water partition coefficient (Wildman–Crippen LogP) is 0.689. The first-order chi connectivity index (χ1) is 6.76. The molecule has 0 aromatic carbocycles. The summed E-state index contributed by atoms with van der Waals surface area (Å²) in [6.07, 6.45) is 3.96. The average molecular weight is 200 g/mol. The smallest absolute Gasteiger partial charge is 0.0791 e. The van der Waals surface area contributed by atoms with Gasteiger partial charge in [0, 0.05) is 19.6 Å². The Morgan fingerprint density at radius 1 is 1.50 bits per heavy atom. The molecule has 0 bridgehead atoms. The molecule has 0 saturated heterocycles. The molecule has 84 valence electrons. The molecule has 0 aromatic heterocycles. The number of aliphatic hydroxyl groups excluding tert-OH is 1. The molecule has 0 heterocycles. The lowest BCUT2D eigenvalue weighted by molar-refractivity contribution is 0.0946. The first kappa shape index (κ1) is 12.0. The summed E-state index contributed by atoms with van der Waals surface area (Å²) in [7, 11) is 1.88. The lowest BCUT2D eigenvalue weighted by Crippen LogP contribution is -2.40. The summed E-state index contributed by atoms with van der Waals surface area (Å²) in [4.78, 5) is 2.37. The van der Waals surface area contributed by atoms with Gasteiger partial charge in [-0.05, 0) is 32.4 Å². The Morgan fingerprint density at radius 2 is 2.21 bits per heavy atom.